The maximum Gasteiger partial charge on any atom is 0.280 e. The summed E-state index contributed by atoms with van der Waals surface area (Å²) in [5.41, 5.74) is 4.58. The fraction of sp³-hybridized carbons (Fsp3) is 0.457. The molecule has 8 nitrogen and oxygen atoms in total. The number of allylic oxidation sites excluding steroid dienone is 6. The number of anilines is 1. The third kappa shape index (κ3) is 6.05. The Bertz CT molecular complexity index is 1540. The van der Waals surface area contributed by atoms with Gasteiger partial charge in [-0.25, -0.2) is 0 Å². The molecular weight excluding hydrogens is 540 g/mol. The maximum absolute atomic E-state index is 12.0. The Morgan fingerprint density at radius 1 is 0.814 bits per heavy atom. The van der Waals surface area contributed by atoms with Crippen molar-refractivity contribution < 1.29 is 14.4 Å². The van der Waals surface area contributed by atoms with Crippen molar-refractivity contribution in [3.05, 3.63) is 104 Å². The molecule has 0 saturated heterocycles. The maximum atomic E-state index is 12.0. The van der Waals surface area contributed by atoms with E-state index in [0.29, 0.717) is 11.8 Å². The minimum Gasteiger partial charge on any atom is -0.344 e. The summed E-state index contributed by atoms with van der Waals surface area (Å²) in [7, 11) is 0. The van der Waals surface area contributed by atoms with E-state index < -0.39 is 10.8 Å². The van der Waals surface area contributed by atoms with Crippen LogP contribution in [0.1, 0.15) is 79.4 Å². The molecule has 228 valence electrons. The van der Waals surface area contributed by atoms with Crippen molar-refractivity contribution in [1.82, 2.24) is 0 Å². The second-order valence-corrected chi connectivity index (χ2v) is 13.5. The third-order valence-electron chi connectivity index (χ3n) is 8.72. The number of benzene rings is 2. The first kappa shape index (κ1) is 31.9. The van der Waals surface area contributed by atoms with E-state index in [4.69, 9.17) is 0 Å². The molecule has 0 radical (unpaired) electrons. The Morgan fingerprint density at radius 3 is 2.02 bits per heavy atom. The Hall–Kier alpha value is -4.07. The average molecular weight is 586 g/mol. The van der Waals surface area contributed by atoms with Crippen LogP contribution in [-0.4, -0.2) is 33.2 Å². The second kappa shape index (κ2) is 12.3. The van der Waals surface area contributed by atoms with Crippen molar-refractivity contribution >= 4 is 28.5 Å². The van der Waals surface area contributed by atoms with Crippen molar-refractivity contribution in [2.24, 2.45) is 11.8 Å². The second-order valence-electron chi connectivity index (χ2n) is 13.5. The van der Waals surface area contributed by atoms with Crippen LogP contribution in [0.2, 0.25) is 0 Å². The molecule has 0 atom stereocenters. The molecule has 4 rings (SSSR count). The van der Waals surface area contributed by atoms with Crippen LogP contribution >= 0.6 is 0 Å². The predicted octanol–water partition coefficient (Wildman–Crippen LogP) is 8.77. The highest BCUT2D eigenvalue weighted by Gasteiger charge is 2.49. The monoisotopic (exact) mass is 585 g/mol. The fourth-order valence-electron chi connectivity index (χ4n) is 6.49. The summed E-state index contributed by atoms with van der Waals surface area (Å²) in [6.45, 7) is 18.5. The SMILES string of the molecule is CC(C)CCN1/C(=C/C=C/C=C/C2=[N+](CCC(C)C)c3cccc([N+](=O)[O-])c3C2(C)C)C(C)(C)c2c1cccc2[N+](=O)[O-]. The van der Waals surface area contributed by atoms with E-state index in [1.165, 1.54) is 0 Å². The highest BCUT2D eigenvalue weighted by atomic mass is 16.6. The number of hydrogen-bond acceptors (Lipinski definition) is 5. The van der Waals surface area contributed by atoms with Crippen LogP contribution in [-0.2, 0) is 10.8 Å². The summed E-state index contributed by atoms with van der Waals surface area (Å²) in [5, 5.41) is 23.9. The smallest absolute Gasteiger partial charge is 0.280 e. The van der Waals surface area contributed by atoms with Gasteiger partial charge in [0.05, 0.1) is 26.5 Å². The standard InChI is InChI=1S/C35H45N4O4/c1-24(2)20-22-36-26-14-12-16-28(38(40)41)32(26)34(5,6)30(36)18-10-9-11-19-31-35(7,8)33-27(37(31)23-21-25(3)4)15-13-17-29(33)39(42)43/h9-19,24-25H,20-23H2,1-8H3/q+1. The minimum absolute atomic E-state index is 0.152. The number of nitro groups is 2. The Morgan fingerprint density at radius 2 is 1.42 bits per heavy atom. The summed E-state index contributed by atoms with van der Waals surface area (Å²) in [6.07, 6.45) is 12.0. The topological polar surface area (TPSA) is 92.5 Å². The van der Waals surface area contributed by atoms with Crippen molar-refractivity contribution in [1.29, 1.82) is 0 Å². The zero-order valence-electron chi connectivity index (χ0n) is 26.8. The van der Waals surface area contributed by atoms with Gasteiger partial charge in [0, 0.05) is 48.4 Å². The van der Waals surface area contributed by atoms with Crippen molar-refractivity contribution in [3.63, 3.8) is 0 Å². The molecule has 2 aromatic carbocycles. The highest BCUT2D eigenvalue weighted by molar-refractivity contribution is 6.04. The van der Waals surface area contributed by atoms with Gasteiger partial charge in [0.15, 0.2) is 5.71 Å². The third-order valence-corrected chi connectivity index (χ3v) is 8.72. The molecule has 0 N–H and O–H groups in total. The predicted molar refractivity (Wildman–Crippen MR) is 175 cm³/mol. The van der Waals surface area contributed by atoms with Crippen molar-refractivity contribution in [2.45, 2.75) is 79.1 Å². The first-order valence-electron chi connectivity index (χ1n) is 15.2. The Labute approximate surface area is 255 Å². The van der Waals surface area contributed by atoms with E-state index >= 15 is 0 Å². The van der Waals surface area contributed by atoms with Crippen LogP contribution in [0.3, 0.4) is 0 Å². The molecule has 0 unspecified atom stereocenters. The zero-order chi connectivity index (χ0) is 31.7. The molecule has 2 aliphatic heterocycles. The molecule has 0 amide bonds. The van der Waals surface area contributed by atoms with Gasteiger partial charge in [0.25, 0.3) is 11.4 Å². The zero-order valence-corrected chi connectivity index (χ0v) is 26.8. The average Bonchev–Trinajstić information content (AvgIpc) is 3.28. The lowest BCUT2D eigenvalue weighted by atomic mass is 9.80. The molecular formula is C35H45N4O4+. The van der Waals surface area contributed by atoms with Crippen LogP contribution in [0.4, 0.5) is 22.7 Å². The van der Waals surface area contributed by atoms with Crippen LogP contribution in [0.25, 0.3) is 0 Å². The molecule has 8 heteroatoms. The Kier molecular flexibility index (Phi) is 9.09. The van der Waals surface area contributed by atoms with Gasteiger partial charge in [-0.05, 0) is 64.2 Å². The number of hydrogen-bond donors (Lipinski definition) is 0. The van der Waals surface area contributed by atoms with Gasteiger partial charge in [-0.2, -0.15) is 4.58 Å². The number of nitro benzene ring substituents is 2. The molecule has 0 fully saturated rings. The lowest BCUT2D eigenvalue weighted by molar-refractivity contribution is -0.440. The van der Waals surface area contributed by atoms with E-state index in [1.807, 2.05) is 30.4 Å². The molecule has 2 aliphatic rings. The van der Waals surface area contributed by atoms with Gasteiger partial charge in [-0.1, -0.05) is 52.0 Å². The van der Waals surface area contributed by atoms with Crippen LogP contribution in [0.15, 0.2) is 72.5 Å². The first-order valence-corrected chi connectivity index (χ1v) is 15.2. The number of fused-ring (bicyclic) bond motifs is 2. The lowest BCUT2D eigenvalue weighted by Gasteiger charge is -2.27. The molecule has 0 saturated carbocycles. The first-order chi connectivity index (χ1) is 20.2. The highest BCUT2D eigenvalue weighted by Crippen LogP contribution is 2.51. The molecule has 0 spiro atoms. The summed E-state index contributed by atoms with van der Waals surface area (Å²) >= 11 is 0. The lowest BCUT2D eigenvalue weighted by Crippen LogP contribution is -2.28. The van der Waals surface area contributed by atoms with E-state index in [-0.39, 0.29) is 21.2 Å². The molecule has 2 aromatic rings. The van der Waals surface area contributed by atoms with Crippen LogP contribution in [0, 0.1) is 32.1 Å². The number of nitrogens with zero attached hydrogens (tertiary/aromatic N) is 4. The van der Waals surface area contributed by atoms with Gasteiger partial charge in [0.1, 0.15) is 12.1 Å². The van der Waals surface area contributed by atoms with Crippen molar-refractivity contribution in [2.75, 3.05) is 18.0 Å². The summed E-state index contributed by atoms with van der Waals surface area (Å²) in [6, 6.07) is 10.7. The molecule has 0 bridgehead atoms. The fourth-order valence-corrected chi connectivity index (χ4v) is 6.49. The van der Waals surface area contributed by atoms with Gasteiger partial charge >= 0.3 is 0 Å². The minimum atomic E-state index is -0.541. The summed E-state index contributed by atoms with van der Waals surface area (Å²) < 4.78 is 2.23. The summed E-state index contributed by atoms with van der Waals surface area (Å²) in [5.74, 6) is 0.993. The van der Waals surface area contributed by atoms with E-state index in [9.17, 15) is 20.2 Å². The van der Waals surface area contributed by atoms with Gasteiger partial charge < -0.3 is 4.90 Å². The van der Waals surface area contributed by atoms with E-state index in [1.54, 1.807) is 24.3 Å². The van der Waals surface area contributed by atoms with Crippen molar-refractivity contribution in [3.8, 4) is 0 Å². The largest absolute Gasteiger partial charge is 0.344 e. The molecule has 0 aliphatic carbocycles. The molecule has 2 heterocycles. The van der Waals surface area contributed by atoms with Crippen LogP contribution < -0.4 is 4.90 Å². The molecule has 43 heavy (non-hydrogen) atoms. The number of rotatable bonds is 11. The normalized spacial score (nSPS) is 18.1. The van der Waals surface area contributed by atoms with E-state index in [0.717, 1.165) is 59.8 Å². The van der Waals surface area contributed by atoms with E-state index in [2.05, 4.69) is 77.0 Å². The quantitative estimate of drug-likeness (QED) is 0.114. The van der Waals surface area contributed by atoms with Gasteiger partial charge in [-0.3, -0.25) is 20.2 Å². The summed E-state index contributed by atoms with van der Waals surface area (Å²) in [4.78, 5) is 25.6. The molecule has 0 aromatic heterocycles. The van der Waals surface area contributed by atoms with Crippen LogP contribution in [0.5, 0.6) is 0 Å². The van der Waals surface area contributed by atoms with Gasteiger partial charge in [-0.15, -0.1) is 0 Å². The Balaban J connectivity index is 1.71. The van der Waals surface area contributed by atoms with Gasteiger partial charge in [0.2, 0.25) is 5.69 Å².